The fourth-order valence-electron chi connectivity index (χ4n) is 2.68. The van der Waals surface area contributed by atoms with Gasteiger partial charge in [-0.1, -0.05) is 70.5 Å². The molecule has 0 fully saturated rings. The Morgan fingerprint density at radius 1 is 0.810 bits per heavy atom. The van der Waals surface area contributed by atoms with Crippen molar-refractivity contribution >= 4 is 26.7 Å². The zero-order valence-electron chi connectivity index (χ0n) is 12.1. The van der Waals surface area contributed by atoms with Crippen LogP contribution in [-0.4, -0.2) is 11.9 Å². The largest absolute Gasteiger partial charge is 0.298 e. The van der Waals surface area contributed by atoms with Crippen LogP contribution >= 0.6 is 15.9 Å². The minimum absolute atomic E-state index is 0.955. The predicted octanol–water partition coefficient (Wildman–Crippen LogP) is 5.23. The van der Waals surface area contributed by atoms with E-state index in [9.17, 15) is 0 Å². The topological polar surface area (TPSA) is 3.24 Å². The molecular weight excluding hydrogens is 322 g/mol. The lowest BCUT2D eigenvalue weighted by Gasteiger charge is -2.18. The van der Waals surface area contributed by atoms with Crippen LogP contribution < -0.4 is 0 Å². The molecule has 0 bridgehead atoms. The van der Waals surface area contributed by atoms with Crippen molar-refractivity contribution in [1.82, 2.24) is 4.90 Å². The van der Waals surface area contributed by atoms with E-state index >= 15 is 0 Å². The lowest BCUT2D eigenvalue weighted by atomic mass is 10.0. The van der Waals surface area contributed by atoms with Gasteiger partial charge in [-0.15, -0.1) is 0 Å². The molecule has 1 nitrogen and oxygen atoms in total. The summed E-state index contributed by atoms with van der Waals surface area (Å²) in [6, 6.07) is 23.7. The summed E-state index contributed by atoms with van der Waals surface area (Å²) in [4.78, 5) is 2.35. The van der Waals surface area contributed by atoms with Crippen LogP contribution in [-0.2, 0) is 13.1 Å². The van der Waals surface area contributed by atoms with Gasteiger partial charge in [-0.25, -0.2) is 0 Å². The number of nitrogens with zero attached hydrogens (tertiary/aromatic N) is 1. The molecule has 3 aromatic rings. The van der Waals surface area contributed by atoms with Crippen molar-refractivity contribution in [3.05, 3.63) is 82.3 Å². The average molecular weight is 340 g/mol. The van der Waals surface area contributed by atoms with E-state index in [4.69, 9.17) is 0 Å². The summed E-state index contributed by atoms with van der Waals surface area (Å²) in [5.41, 5.74) is 2.72. The summed E-state index contributed by atoms with van der Waals surface area (Å²) in [6.45, 7) is 1.91. The molecular formula is C19H18BrN. The van der Waals surface area contributed by atoms with E-state index in [0.29, 0.717) is 0 Å². The highest BCUT2D eigenvalue weighted by Crippen LogP contribution is 2.20. The van der Waals surface area contributed by atoms with Gasteiger partial charge in [-0.3, -0.25) is 4.90 Å². The SMILES string of the molecule is CN(Cc1ccc(Br)cc1)Cc1cccc2ccccc12. The Morgan fingerprint density at radius 2 is 1.52 bits per heavy atom. The Bertz CT molecular complexity index is 729. The summed E-state index contributed by atoms with van der Waals surface area (Å²) < 4.78 is 1.13. The van der Waals surface area contributed by atoms with Crippen molar-refractivity contribution in [3.8, 4) is 0 Å². The number of rotatable bonds is 4. The molecule has 0 atom stereocenters. The monoisotopic (exact) mass is 339 g/mol. The van der Waals surface area contributed by atoms with Gasteiger partial charge in [0.15, 0.2) is 0 Å². The molecule has 3 aromatic carbocycles. The first-order valence-electron chi connectivity index (χ1n) is 7.12. The summed E-state index contributed by atoms with van der Waals surface area (Å²) in [5, 5.41) is 2.66. The quantitative estimate of drug-likeness (QED) is 0.628. The first-order valence-corrected chi connectivity index (χ1v) is 7.91. The molecule has 3 rings (SSSR count). The van der Waals surface area contributed by atoms with Gasteiger partial charge in [0.25, 0.3) is 0 Å². The molecule has 0 aromatic heterocycles. The van der Waals surface area contributed by atoms with Gasteiger partial charge < -0.3 is 0 Å². The standard InChI is InChI=1S/C19H18BrN/c1-21(13-15-9-11-18(20)12-10-15)14-17-7-4-6-16-5-2-3-8-19(16)17/h2-12H,13-14H2,1H3. The normalized spacial score (nSPS) is 11.2. The fraction of sp³-hybridized carbons (Fsp3) is 0.158. The van der Waals surface area contributed by atoms with Gasteiger partial charge in [0.05, 0.1) is 0 Å². The zero-order chi connectivity index (χ0) is 14.7. The average Bonchev–Trinajstić information content (AvgIpc) is 2.50. The van der Waals surface area contributed by atoms with Gasteiger partial charge in [0.1, 0.15) is 0 Å². The van der Waals surface area contributed by atoms with Crippen LogP contribution in [0.2, 0.25) is 0 Å². The van der Waals surface area contributed by atoms with Crippen LogP contribution in [0.25, 0.3) is 10.8 Å². The summed E-state index contributed by atoms with van der Waals surface area (Å²) >= 11 is 3.48. The molecule has 0 spiro atoms. The second-order valence-electron chi connectivity index (χ2n) is 5.44. The fourth-order valence-corrected chi connectivity index (χ4v) is 2.94. The third-order valence-electron chi connectivity index (χ3n) is 3.69. The minimum atomic E-state index is 0.955. The molecule has 0 aliphatic rings. The van der Waals surface area contributed by atoms with E-state index in [2.05, 4.69) is 94.6 Å². The summed E-state index contributed by atoms with van der Waals surface area (Å²) in [6.07, 6.45) is 0. The highest BCUT2D eigenvalue weighted by atomic mass is 79.9. The molecule has 0 amide bonds. The molecule has 0 aliphatic carbocycles. The smallest absolute Gasteiger partial charge is 0.0240 e. The maximum absolute atomic E-state index is 3.48. The molecule has 106 valence electrons. The van der Waals surface area contributed by atoms with Crippen LogP contribution in [0.3, 0.4) is 0 Å². The molecule has 0 saturated heterocycles. The van der Waals surface area contributed by atoms with Crippen molar-refractivity contribution < 1.29 is 0 Å². The molecule has 0 radical (unpaired) electrons. The molecule has 21 heavy (non-hydrogen) atoms. The molecule has 0 heterocycles. The Labute approximate surface area is 134 Å². The minimum Gasteiger partial charge on any atom is -0.298 e. The van der Waals surface area contributed by atoms with Crippen molar-refractivity contribution in [1.29, 1.82) is 0 Å². The third-order valence-corrected chi connectivity index (χ3v) is 4.21. The van der Waals surface area contributed by atoms with Crippen LogP contribution in [0.5, 0.6) is 0 Å². The van der Waals surface area contributed by atoms with Crippen molar-refractivity contribution in [2.75, 3.05) is 7.05 Å². The van der Waals surface area contributed by atoms with Crippen molar-refractivity contribution in [2.45, 2.75) is 13.1 Å². The van der Waals surface area contributed by atoms with Crippen LogP contribution in [0.4, 0.5) is 0 Å². The Hall–Kier alpha value is -1.64. The maximum atomic E-state index is 3.48. The van der Waals surface area contributed by atoms with Gasteiger partial charge in [-0.05, 0) is 41.1 Å². The van der Waals surface area contributed by atoms with Gasteiger partial charge in [0, 0.05) is 17.6 Å². The van der Waals surface area contributed by atoms with Gasteiger partial charge in [-0.2, -0.15) is 0 Å². The number of hydrogen-bond acceptors (Lipinski definition) is 1. The molecule has 0 aliphatic heterocycles. The molecule has 2 heteroatoms. The van der Waals surface area contributed by atoms with E-state index in [0.717, 1.165) is 17.6 Å². The first kappa shape index (κ1) is 14.3. The second-order valence-corrected chi connectivity index (χ2v) is 6.35. The Morgan fingerprint density at radius 3 is 2.33 bits per heavy atom. The summed E-state index contributed by atoms with van der Waals surface area (Å²) in [7, 11) is 2.17. The van der Waals surface area contributed by atoms with Crippen molar-refractivity contribution in [3.63, 3.8) is 0 Å². The molecule has 0 N–H and O–H groups in total. The Balaban J connectivity index is 1.77. The van der Waals surface area contributed by atoms with Crippen LogP contribution in [0, 0.1) is 0 Å². The van der Waals surface area contributed by atoms with Crippen molar-refractivity contribution in [2.24, 2.45) is 0 Å². The van der Waals surface area contributed by atoms with E-state index in [1.807, 2.05) is 0 Å². The highest BCUT2D eigenvalue weighted by molar-refractivity contribution is 9.10. The Kier molecular flexibility index (Phi) is 4.37. The lowest BCUT2D eigenvalue weighted by molar-refractivity contribution is 0.320. The van der Waals surface area contributed by atoms with E-state index in [1.54, 1.807) is 0 Å². The van der Waals surface area contributed by atoms with E-state index in [1.165, 1.54) is 21.9 Å². The number of halogens is 1. The molecule has 0 saturated carbocycles. The lowest BCUT2D eigenvalue weighted by Crippen LogP contribution is -2.17. The number of benzene rings is 3. The van der Waals surface area contributed by atoms with Crippen LogP contribution in [0.15, 0.2) is 71.2 Å². The highest BCUT2D eigenvalue weighted by Gasteiger charge is 2.05. The number of fused-ring (bicyclic) bond motifs is 1. The van der Waals surface area contributed by atoms with Crippen LogP contribution in [0.1, 0.15) is 11.1 Å². The zero-order valence-corrected chi connectivity index (χ0v) is 13.7. The first-order chi connectivity index (χ1) is 10.2. The second kappa shape index (κ2) is 6.42. The van der Waals surface area contributed by atoms with Gasteiger partial charge >= 0.3 is 0 Å². The molecule has 0 unspecified atom stereocenters. The van der Waals surface area contributed by atoms with E-state index < -0.39 is 0 Å². The predicted molar refractivity (Wildman–Crippen MR) is 93.3 cm³/mol. The maximum Gasteiger partial charge on any atom is 0.0240 e. The van der Waals surface area contributed by atoms with Gasteiger partial charge in [0.2, 0.25) is 0 Å². The summed E-state index contributed by atoms with van der Waals surface area (Å²) in [5.74, 6) is 0. The number of hydrogen-bond donors (Lipinski definition) is 0. The third kappa shape index (κ3) is 3.52. The van der Waals surface area contributed by atoms with E-state index in [-0.39, 0.29) is 0 Å².